The monoisotopic (exact) mass is 163 g/mol. The van der Waals surface area contributed by atoms with Crippen LogP contribution in [-0.4, -0.2) is 24.1 Å². The first-order valence-electron chi connectivity index (χ1n) is 3.83. The molecule has 2 nitrogen and oxygen atoms in total. The van der Waals surface area contributed by atoms with Crippen molar-refractivity contribution in [1.29, 1.82) is 0 Å². The predicted molar refractivity (Wildman–Crippen MR) is 50.8 cm³/mol. The molecule has 2 heteroatoms. The van der Waals surface area contributed by atoms with Crippen LogP contribution in [0, 0.1) is 0 Å². The number of hydrogen-bond acceptors (Lipinski definition) is 2. The summed E-state index contributed by atoms with van der Waals surface area (Å²) in [5.41, 5.74) is 0.855. The van der Waals surface area contributed by atoms with Gasteiger partial charge in [0.25, 0.3) is 0 Å². The summed E-state index contributed by atoms with van der Waals surface area (Å²) in [6.07, 6.45) is 11.0. The highest BCUT2D eigenvalue weighted by Gasteiger charge is 1.97. The van der Waals surface area contributed by atoms with Crippen molar-refractivity contribution in [2.75, 3.05) is 14.1 Å². The highest BCUT2D eigenvalue weighted by atomic mass is 16.3. The lowest BCUT2D eigenvalue weighted by atomic mass is 10.2. The molecule has 12 heavy (non-hydrogen) atoms. The van der Waals surface area contributed by atoms with Gasteiger partial charge in [-0.1, -0.05) is 24.3 Å². The lowest BCUT2D eigenvalue weighted by Gasteiger charge is -2.03. The number of aliphatic hydroxyl groups excluding tert-OH is 1. The van der Waals surface area contributed by atoms with Gasteiger partial charge in [0.1, 0.15) is 5.76 Å². The van der Waals surface area contributed by atoms with Gasteiger partial charge in [-0.05, 0) is 6.08 Å². The SMILES string of the molecule is CN(C)C=CC(O)=C1C=CC=C1. The van der Waals surface area contributed by atoms with Crippen LogP contribution < -0.4 is 0 Å². The van der Waals surface area contributed by atoms with Crippen molar-refractivity contribution < 1.29 is 5.11 Å². The third-order valence-electron chi connectivity index (χ3n) is 1.49. The Bertz CT molecular complexity index is 256. The van der Waals surface area contributed by atoms with Crippen LogP contribution in [0.2, 0.25) is 0 Å². The van der Waals surface area contributed by atoms with Crippen LogP contribution in [0.3, 0.4) is 0 Å². The molecule has 0 atom stereocenters. The summed E-state index contributed by atoms with van der Waals surface area (Å²) in [5.74, 6) is 0.300. The average molecular weight is 163 g/mol. The molecule has 1 aliphatic carbocycles. The largest absolute Gasteiger partial charge is 0.507 e. The molecule has 0 bridgehead atoms. The number of aliphatic hydroxyl groups is 1. The molecular weight excluding hydrogens is 150 g/mol. The van der Waals surface area contributed by atoms with E-state index < -0.39 is 0 Å². The predicted octanol–water partition coefficient (Wildman–Crippen LogP) is 2.00. The van der Waals surface area contributed by atoms with Crippen molar-refractivity contribution in [3.8, 4) is 0 Å². The minimum atomic E-state index is 0.300. The van der Waals surface area contributed by atoms with Crippen molar-refractivity contribution in [2.24, 2.45) is 0 Å². The summed E-state index contributed by atoms with van der Waals surface area (Å²) in [4.78, 5) is 1.87. The summed E-state index contributed by atoms with van der Waals surface area (Å²) in [6.45, 7) is 0. The van der Waals surface area contributed by atoms with E-state index >= 15 is 0 Å². The van der Waals surface area contributed by atoms with Gasteiger partial charge in [0.2, 0.25) is 0 Å². The molecule has 1 N–H and O–H groups in total. The smallest absolute Gasteiger partial charge is 0.124 e. The van der Waals surface area contributed by atoms with Crippen LogP contribution in [0.15, 0.2) is 47.9 Å². The van der Waals surface area contributed by atoms with Gasteiger partial charge in [-0.3, -0.25) is 0 Å². The van der Waals surface area contributed by atoms with E-state index in [0.717, 1.165) is 5.57 Å². The van der Waals surface area contributed by atoms with E-state index in [-0.39, 0.29) is 0 Å². The molecule has 64 valence electrons. The molecule has 0 amide bonds. The molecule has 0 heterocycles. The second-order valence-corrected chi connectivity index (χ2v) is 2.84. The molecule has 0 aromatic carbocycles. The molecule has 0 aliphatic heterocycles. The number of nitrogens with zero attached hydrogens (tertiary/aromatic N) is 1. The fraction of sp³-hybridized carbons (Fsp3) is 0.200. The Labute approximate surface area is 72.8 Å². The van der Waals surface area contributed by atoms with Crippen LogP contribution in [0.25, 0.3) is 0 Å². The van der Waals surface area contributed by atoms with Crippen molar-refractivity contribution in [3.05, 3.63) is 47.9 Å². The van der Waals surface area contributed by atoms with Gasteiger partial charge >= 0.3 is 0 Å². The maximum Gasteiger partial charge on any atom is 0.124 e. The van der Waals surface area contributed by atoms with E-state index in [4.69, 9.17) is 0 Å². The van der Waals surface area contributed by atoms with Crippen LogP contribution in [0.1, 0.15) is 0 Å². The highest BCUT2D eigenvalue weighted by molar-refractivity contribution is 5.44. The average Bonchev–Trinajstić information content (AvgIpc) is 2.51. The normalized spacial score (nSPS) is 14.7. The van der Waals surface area contributed by atoms with E-state index in [1.807, 2.05) is 49.5 Å². The van der Waals surface area contributed by atoms with E-state index in [1.54, 1.807) is 6.08 Å². The molecule has 1 rings (SSSR count). The summed E-state index contributed by atoms with van der Waals surface area (Å²) < 4.78 is 0. The van der Waals surface area contributed by atoms with Gasteiger partial charge in [-0.25, -0.2) is 0 Å². The van der Waals surface area contributed by atoms with E-state index in [0.29, 0.717) is 5.76 Å². The van der Waals surface area contributed by atoms with Crippen molar-refractivity contribution in [2.45, 2.75) is 0 Å². The fourth-order valence-electron chi connectivity index (χ4n) is 0.861. The summed E-state index contributed by atoms with van der Waals surface area (Å²) in [6, 6.07) is 0. The Morgan fingerprint density at radius 1 is 1.33 bits per heavy atom. The van der Waals surface area contributed by atoms with E-state index in [2.05, 4.69) is 0 Å². The number of hydrogen-bond donors (Lipinski definition) is 1. The standard InChI is InChI=1S/C10H13NO/c1-11(2)8-7-10(12)9-5-3-4-6-9/h3-8,12H,1-2H3. The minimum Gasteiger partial charge on any atom is -0.507 e. The second-order valence-electron chi connectivity index (χ2n) is 2.84. The fourth-order valence-corrected chi connectivity index (χ4v) is 0.861. The van der Waals surface area contributed by atoms with Crippen LogP contribution in [0.4, 0.5) is 0 Å². The first-order chi connectivity index (χ1) is 5.70. The molecule has 0 unspecified atom stereocenters. The first-order valence-corrected chi connectivity index (χ1v) is 3.83. The van der Waals surface area contributed by atoms with Gasteiger partial charge in [-0.2, -0.15) is 0 Å². The van der Waals surface area contributed by atoms with Gasteiger partial charge in [0.05, 0.1) is 0 Å². The zero-order chi connectivity index (χ0) is 8.97. The Kier molecular flexibility index (Phi) is 2.75. The minimum absolute atomic E-state index is 0.300. The second kappa shape index (κ2) is 3.81. The molecule has 0 aromatic rings. The molecule has 0 saturated heterocycles. The molecule has 0 radical (unpaired) electrons. The highest BCUT2D eigenvalue weighted by Crippen LogP contribution is 2.11. The molecular formula is C10H13NO. The number of allylic oxidation sites excluding steroid dienone is 6. The van der Waals surface area contributed by atoms with Gasteiger partial charge in [-0.15, -0.1) is 0 Å². The van der Waals surface area contributed by atoms with Crippen LogP contribution in [0.5, 0.6) is 0 Å². The van der Waals surface area contributed by atoms with E-state index in [1.165, 1.54) is 0 Å². The summed E-state index contributed by atoms with van der Waals surface area (Å²) in [7, 11) is 3.82. The molecule has 0 saturated carbocycles. The molecule has 0 fully saturated rings. The van der Waals surface area contributed by atoms with Gasteiger partial charge < -0.3 is 10.0 Å². The lowest BCUT2D eigenvalue weighted by molar-refractivity contribution is 0.426. The van der Waals surface area contributed by atoms with Gasteiger partial charge in [0.15, 0.2) is 0 Å². The maximum absolute atomic E-state index is 9.46. The van der Waals surface area contributed by atoms with Gasteiger partial charge in [0, 0.05) is 25.9 Å². The van der Waals surface area contributed by atoms with Crippen molar-refractivity contribution >= 4 is 0 Å². The summed E-state index contributed by atoms with van der Waals surface area (Å²) >= 11 is 0. The zero-order valence-corrected chi connectivity index (χ0v) is 7.36. The van der Waals surface area contributed by atoms with Crippen molar-refractivity contribution in [1.82, 2.24) is 4.90 Å². The first kappa shape index (κ1) is 8.65. The van der Waals surface area contributed by atoms with Crippen LogP contribution in [-0.2, 0) is 0 Å². The Balaban J connectivity index is 2.70. The van der Waals surface area contributed by atoms with E-state index in [9.17, 15) is 5.11 Å². The third-order valence-corrected chi connectivity index (χ3v) is 1.49. The zero-order valence-electron chi connectivity index (χ0n) is 7.36. The third kappa shape index (κ3) is 2.31. The lowest BCUT2D eigenvalue weighted by Crippen LogP contribution is -2.00. The van der Waals surface area contributed by atoms with Crippen LogP contribution >= 0.6 is 0 Å². The molecule has 0 aromatic heterocycles. The Hall–Kier alpha value is -1.44. The Morgan fingerprint density at radius 3 is 2.42 bits per heavy atom. The molecule has 0 spiro atoms. The van der Waals surface area contributed by atoms with Crippen molar-refractivity contribution in [3.63, 3.8) is 0 Å². The summed E-state index contributed by atoms with van der Waals surface area (Å²) in [5, 5.41) is 9.46. The Morgan fingerprint density at radius 2 is 1.92 bits per heavy atom. The quantitative estimate of drug-likeness (QED) is 0.629. The maximum atomic E-state index is 9.46. The molecule has 1 aliphatic rings. The number of rotatable bonds is 2. The topological polar surface area (TPSA) is 23.5 Å².